The van der Waals surface area contributed by atoms with Crippen molar-refractivity contribution in [2.75, 3.05) is 0 Å². The molecule has 0 radical (unpaired) electrons. The molecule has 2 rings (SSSR count). The van der Waals surface area contributed by atoms with E-state index in [0.717, 1.165) is 26.8 Å². The van der Waals surface area contributed by atoms with E-state index in [9.17, 15) is 0 Å². The van der Waals surface area contributed by atoms with Crippen LogP contribution in [-0.2, 0) is 20.9 Å². The van der Waals surface area contributed by atoms with Gasteiger partial charge in [-0.15, -0.1) is 0 Å². The first-order valence-corrected chi connectivity index (χ1v) is 9.78. The third-order valence-corrected chi connectivity index (χ3v) is 4.93. The van der Waals surface area contributed by atoms with Crippen molar-refractivity contribution in [3.05, 3.63) is 19.8 Å². The summed E-state index contributed by atoms with van der Waals surface area (Å²) in [5, 5.41) is 0. The molecule has 1 nitrogen and oxygen atoms in total. The summed E-state index contributed by atoms with van der Waals surface area (Å²) in [6, 6.07) is 0.559. The summed E-state index contributed by atoms with van der Waals surface area (Å²) in [6.45, 7) is 11.5. The van der Waals surface area contributed by atoms with Gasteiger partial charge in [0, 0.05) is 0 Å². The van der Waals surface area contributed by atoms with Gasteiger partial charge in [0.15, 0.2) is 0 Å². The molecule has 0 aromatic carbocycles. The Morgan fingerprint density at radius 1 is 0.950 bits per heavy atom. The Balaban J connectivity index is 0. The van der Waals surface area contributed by atoms with E-state index < -0.39 is 0 Å². The maximum Gasteiger partial charge on any atom is -0.0491 e. The smallest absolute Gasteiger partial charge is 0.0491 e. The Morgan fingerprint density at radius 3 is 1.50 bits per heavy atom. The van der Waals surface area contributed by atoms with Gasteiger partial charge in [0.1, 0.15) is 0 Å². The predicted octanol–water partition coefficient (Wildman–Crippen LogP) is 6.52. The van der Waals surface area contributed by atoms with E-state index in [-0.39, 0.29) is 0 Å². The minimum atomic E-state index is 0.559. The minimum absolute atomic E-state index is 0.559. The van der Waals surface area contributed by atoms with Gasteiger partial charge in [-0.1, -0.05) is 39.0 Å². The summed E-state index contributed by atoms with van der Waals surface area (Å²) in [4.78, 5) is 0. The Hall–Kier alpha value is 0.540. The summed E-state index contributed by atoms with van der Waals surface area (Å²) in [6.07, 6.45) is 17.5. The fraction of sp³-hybridized carbons (Fsp3) is 0.833. The van der Waals surface area contributed by atoms with Gasteiger partial charge in [-0.05, 0) is 5.92 Å². The topological polar surface area (TPSA) is 12.4 Å². The Morgan fingerprint density at radius 2 is 1.35 bits per heavy atom. The molecule has 2 aliphatic carbocycles. The van der Waals surface area contributed by atoms with E-state index in [1.807, 2.05) is 0 Å². The van der Waals surface area contributed by atoms with Crippen LogP contribution in [0.2, 0.25) is 0 Å². The Kier molecular flexibility index (Phi) is 22.3. The number of rotatable bonds is 1. The van der Waals surface area contributed by atoms with Gasteiger partial charge in [0.05, 0.1) is 0 Å². The third-order valence-electron chi connectivity index (χ3n) is 3.27. The van der Waals surface area contributed by atoms with Crippen LogP contribution in [0.1, 0.15) is 85.5 Å². The molecule has 0 heterocycles. The van der Waals surface area contributed by atoms with E-state index in [1.165, 1.54) is 57.8 Å². The molecule has 20 heavy (non-hydrogen) atoms. The van der Waals surface area contributed by atoms with Crippen LogP contribution in [0, 0.1) is 25.7 Å². The van der Waals surface area contributed by atoms with E-state index in [2.05, 4.69) is 43.9 Å². The zero-order valence-corrected chi connectivity index (χ0v) is 17.5. The molecule has 0 aliphatic heterocycles. The first-order valence-electron chi connectivity index (χ1n) is 8.35. The molecule has 0 N–H and O–H groups in total. The van der Waals surface area contributed by atoms with Crippen LogP contribution in [0.15, 0.2) is 3.34 Å². The van der Waals surface area contributed by atoms with Crippen molar-refractivity contribution in [3.63, 3.8) is 0 Å². The molecular weight excluding hydrogens is 411 g/mol. The van der Waals surface area contributed by atoms with Crippen molar-refractivity contribution in [2.45, 2.75) is 91.5 Å². The van der Waals surface area contributed by atoms with Crippen molar-refractivity contribution in [2.24, 2.45) is 9.26 Å². The SMILES string of the molecule is CC(C)[N]=[Ta].CC1CC[CH-]CC1.[CH-]1CCCCC1.[CH2-]C. The average Bonchev–Trinajstić information content (AvgIpc) is 2.53. The van der Waals surface area contributed by atoms with Crippen LogP contribution in [0.5, 0.6) is 0 Å². The van der Waals surface area contributed by atoms with Gasteiger partial charge < -0.3 is 19.8 Å². The number of hydrogen-bond acceptors (Lipinski definition) is 1. The fourth-order valence-corrected chi connectivity index (χ4v) is 1.99. The maximum atomic E-state index is 4.00. The van der Waals surface area contributed by atoms with Crippen molar-refractivity contribution in [3.8, 4) is 0 Å². The summed E-state index contributed by atoms with van der Waals surface area (Å²) < 4.78 is 4.00. The molecular formula is C18H36NTa-3. The summed E-state index contributed by atoms with van der Waals surface area (Å²) in [7, 11) is 0. The molecule has 2 fully saturated rings. The first-order chi connectivity index (χ1) is 9.66. The third kappa shape index (κ3) is 20.8. The van der Waals surface area contributed by atoms with Crippen LogP contribution in [0.25, 0.3) is 0 Å². The van der Waals surface area contributed by atoms with E-state index in [0.29, 0.717) is 6.04 Å². The van der Waals surface area contributed by atoms with Gasteiger partial charge >= 0.3 is 44.1 Å². The second-order valence-corrected chi connectivity index (χ2v) is 6.51. The van der Waals surface area contributed by atoms with E-state index >= 15 is 0 Å². The zero-order valence-electron chi connectivity index (χ0n) is 14.3. The van der Waals surface area contributed by atoms with Crippen LogP contribution < -0.4 is 0 Å². The van der Waals surface area contributed by atoms with E-state index in [1.54, 1.807) is 6.92 Å². The fourth-order valence-electron chi connectivity index (χ4n) is 1.99. The minimum Gasteiger partial charge on any atom is -0.346 e. The van der Waals surface area contributed by atoms with Gasteiger partial charge in [0.25, 0.3) is 0 Å². The quantitative estimate of drug-likeness (QED) is 0.406. The van der Waals surface area contributed by atoms with E-state index in [4.69, 9.17) is 0 Å². The molecule has 0 aromatic rings. The molecule has 0 spiro atoms. The Labute approximate surface area is 141 Å². The van der Waals surface area contributed by atoms with Gasteiger partial charge in [0.2, 0.25) is 0 Å². The molecule has 0 bridgehead atoms. The molecule has 0 aromatic heterocycles. The monoisotopic (exact) mass is 447 g/mol. The van der Waals surface area contributed by atoms with Gasteiger partial charge in [-0.2, -0.15) is 32.6 Å². The molecule has 0 amide bonds. The van der Waals surface area contributed by atoms with Crippen LogP contribution in [0.3, 0.4) is 0 Å². The van der Waals surface area contributed by atoms with Crippen molar-refractivity contribution >= 4 is 0 Å². The molecule has 2 saturated carbocycles. The van der Waals surface area contributed by atoms with Crippen LogP contribution in [-0.4, -0.2) is 6.04 Å². The first kappa shape index (κ1) is 22.8. The number of hydrogen-bond donors (Lipinski definition) is 0. The molecule has 0 unspecified atom stereocenters. The molecule has 2 aliphatic rings. The van der Waals surface area contributed by atoms with Gasteiger partial charge in [-0.3, -0.25) is 0 Å². The second kappa shape index (κ2) is 19.5. The summed E-state index contributed by atoms with van der Waals surface area (Å²) in [5.74, 6) is 1.00. The Bertz CT molecular complexity index is 159. The summed E-state index contributed by atoms with van der Waals surface area (Å²) in [5.41, 5.74) is 0. The van der Waals surface area contributed by atoms with Gasteiger partial charge in [-0.25, -0.2) is 0 Å². The molecule has 121 valence electrons. The standard InChI is InChI=1S/C7H13.C6H11.C3H7N.C2H5.Ta/c1-7-5-3-2-4-6-7;1-2-4-6-5-3-1;1-3(2)4;1-2;/h2,7H,3-6H2,1H3;1H,2-6H2;3H,1-2H3;1H2,2H3;/q2*-1;;-1;. The van der Waals surface area contributed by atoms with Crippen molar-refractivity contribution in [1.29, 1.82) is 0 Å². The second-order valence-electron chi connectivity index (χ2n) is 5.68. The van der Waals surface area contributed by atoms with Crippen molar-refractivity contribution in [1.82, 2.24) is 0 Å². The summed E-state index contributed by atoms with van der Waals surface area (Å²) >= 11 is 1.16. The van der Waals surface area contributed by atoms with Crippen LogP contribution >= 0.6 is 0 Å². The maximum absolute atomic E-state index is 4.00. The largest absolute Gasteiger partial charge is 0.346 e. The number of nitrogens with zero attached hydrogens (tertiary/aromatic N) is 1. The average molecular weight is 447 g/mol. The zero-order chi connectivity index (χ0) is 15.6. The van der Waals surface area contributed by atoms with Crippen LogP contribution in [0.4, 0.5) is 0 Å². The molecule has 2 heteroatoms. The van der Waals surface area contributed by atoms with Crippen molar-refractivity contribution < 1.29 is 20.9 Å². The predicted molar refractivity (Wildman–Crippen MR) is 87.9 cm³/mol. The molecule has 0 atom stereocenters. The molecule has 0 saturated heterocycles. The normalized spacial score (nSPS) is 18.4.